The van der Waals surface area contributed by atoms with Gasteiger partial charge in [-0.2, -0.15) is 0 Å². The molecular formula is C26H30O7. The summed E-state index contributed by atoms with van der Waals surface area (Å²) >= 11 is 0. The summed E-state index contributed by atoms with van der Waals surface area (Å²) < 4.78 is 0. The molecule has 0 aromatic heterocycles. The third kappa shape index (κ3) is 13.2. The summed E-state index contributed by atoms with van der Waals surface area (Å²) in [5, 5.41) is 43.1. The maximum atomic E-state index is 10.3. The average molecular weight is 455 g/mol. The van der Waals surface area contributed by atoms with E-state index in [1.807, 2.05) is 12.1 Å². The summed E-state index contributed by atoms with van der Waals surface area (Å²) in [6.07, 6.45) is 5.92. The van der Waals surface area contributed by atoms with Crippen LogP contribution < -0.4 is 0 Å². The van der Waals surface area contributed by atoms with Crippen molar-refractivity contribution in [2.75, 3.05) is 0 Å². The lowest BCUT2D eigenvalue weighted by molar-refractivity contribution is 0.0681. The maximum absolute atomic E-state index is 10.3. The Kier molecular flexibility index (Phi) is 13.1. The third-order valence-corrected chi connectivity index (χ3v) is 4.47. The van der Waals surface area contributed by atoms with Gasteiger partial charge in [0.25, 0.3) is 0 Å². The Balaban J connectivity index is 0.000000228. The first-order chi connectivity index (χ1) is 15.8. The molecular weight excluding hydrogens is 424 g/mol. The second kappa shape index (κ2) is 15.9. The SMILES string of the molecule is O=C(O)c1ccc(C(=O)O)cc1.OC1CCCCC1.Oc1ccccc1.Oc1ccccc1. The number of carboxylic acid groups (broad SMARTS) is 2. The largest absolute Gasteiger partial charge is 0.508 e. The first-order valence-electron chi connectivity index (χ1n) is 10.5. The molecule has 4 rings (SSSR count). The molecule has 0 unspecified atom stereocenters. The molecule has 0 spiro atoms. The number of aromatic carboxylic acids is 2. The fourth-order valence-electron chi connectivity index (χ4n) is 2.69. The van der Waals surface area contributed by atoms with Gasteiger partial charge in [-0.1, -0.05) is 55.7 Å². The van der Waals surface area contributed by atoms with Gasteiger partial charge in [0.15, 0.2) is 0 Å². The number of benzene rings is 3. The van der Waals surface area contributed by atoms with E-state index >= 15 is 0 Å². The number of rotatable bonds is 2. The summed E-state index contributed by atoms with van der Waals surface area (Å²) in [5.74, 6) is -1.48. The van der Waals surface area contributed by atoms with E-state index in [0.717, 1.165) is 12.8 Å². The van der Waals surface area contributed by atoms with Gasteiger partial charge >= 0.3 is 11.9 Å². The van der Waals surface area contributed by atoms with Crippen LogP contribution in [0.5, 0.6) is 11.5 Å². The highest BCUT2D eigenvalue weighted by molar-refractivity contribution is 5.91. The van der Waals surface area contributed by atoms with E-state index in [1.54, 1.807) is 48.5 Å². The number of aliphatic hydroxyl groups excluding tert-OH is 1. The fourth-order valence-corrected chi connectivity index (χ4v) is 2.69. The van der Waals surface area contributed by atoms with Crippen LogP contribution in [-0.2, 0) is 0 Å². The molecule has 1 aliphatic rings. The van der Waals surface area contributed by atoms with Crippen molar-refractivity contribution in [3.8, 4) is 11.5 Å². The molecule has 0 heterocycles. The molecule has 3 aromatic carbocycles. The molecule has 0 atom stereocenters. The van der Waals surface area contributed by atoms with Crippen LogP contribution in [0.1, 0.15) is 52.8 Å². The summed E-state index contributed by atoms with van der Waals surface area (Å²) in [6, 6.07) is 22.4. The van der Waals surface area contributed by atoms with Crippen LogP contribution in [0.25, 0.3) is 0 Å². The van der Waals surface area contributed by atoms with Crippen LogP contribution in [0, 0.1) is 0 Å². The monoisotopic (exact) mass is 454 g/mol. The summed E-state index contributed by atoms with van der Waals surface area (Å²) in [6.45, 7) is 0. The smallest absolute Gasteiger partial charge is 0.335 e. The number of para-hydroxylation sites is 2. The molecule has 7 nitrogen and oxygen atoms in total. The van der Waals surface area contributed by atoms with E-state index < -0.39 is 11.9 Å². The van der Waals surface area contributed by atoms with Gasteiger partial charge in [-0.25, -0.2) is 9.59 Å². The molecule has 0 amide bonds. The number of hydrogen-bond acceptors (Lipinski definition) is 5. The maximum Gasteiger partial charge on any atom is 0.335 e. The third-order valence-electron chi connectivity index (χ3n) is 4.47. The molecule has 1 saturated carbocycles. The van der Waals surface area contributed by atoms with E-state index in [4.69, 9.17) is 25.5 Å². The number of carboxylic acids is 2. The zero-order valence-corrected chi connectivity index (χ0v) is 18.2. The molecule has 176 valence electrons. The first-order valence-corrected chi connectivity index (χ1v) is 10.5. The van der Waals surface area contributed by atoms with Gasteiger partial charge in [-0.15, -0.1) is 0 Å². The Morgan fingerprint density at radius 3 is 1.09 bits per heavy atom. The minimum absolute atomic E-state index is 0.0359. The van der Waals surface area contributed by atoms with Crippen molar-refractivity contribution in [3.63, 3.8) is 0 Å². The lowest BCUT2D eigenvalue weighted by Gasteiger charge is -2.14. The minimum Gasteiger partial charge on any atom is -0.508 e. The van der Waals surface area contributed by atoms with Crippen molar-refractivity contribution in [2.45, 2.75) is 38.2 Å². The number of aliphatic hydroxyl groups is 1. The second-order valence-electron chi connectivity index (χ2n) is 7.15. The van der Waals surface area contributed by atoms with Crippen LogP contribution in [0.3, 0.4) is 0 Å². The predicted octanol–water partition coefficient (Wildman–Crippen LogP) is 5.18. The minimum atomic E-state index is -1.06. The molecule has 33 heavy (non-hydrogen) atoms. The molecule has 5 N–H and O–H groups in total. The zero-order valence-electron chi connectivity index (χ0n) is 18.2. The Morgan fingerprint density at radius 2 is 0.909 bits per heavy atom. The zero-order chi connectivity index (χ0) is 24.5. The van der Waals surface area contributed by atoms with Gasteiger partial charge in [0.05, 0.1) is 17.2 Å². The Morgan fingerprint density at radius 1 is 0.576 bits per heavy atom. The molecule has 0 bridgehead atoms. The Bertz CT molecular complexity index is 849. The summed E-state index contributed by atoms with van der Waals surface area (Å²) in [5.41, 5.74) is 0.167. The molecule has 1 fully saturated rings. The van der Waals surface area contributed by atoms with Gasteiger partial charge in [0.1, 0.15) is 11.5 Å². The standard InChI is InChI=1S/C8H6O4.C6H12O.2C6H6O/c9-7(10)5-1-2-6(4-3-5)8(11)12;3*7-6-4-2-1-3-5-6/h1-4H,(H,9,10)(H,11,12);6-7H,1-5H2;2*1-5,7H. The first kappa shape index (κ1) is 27.2. The molecule has 0 radical (unpaired) electrons. The number of hydrogen-bond donors (Lipinski definition) is 5. The van der Waals surface area contributed by atoms with Crippen LogP contribution in [0.4, 0.5) is 0 Å². The molecule has 0 saturated heterocycles. The van der Waals surface area contributed by atoms with Crippen molar-refractivity contribution in [2.24, 2.45) is 0 Å². The molecule has 7 heteroatoms. The molecule has 1 aliphatic carbocycles. The number of phenolic OH excluding ortho intramolecular Hbond substituents is 2. The van der Waals surface area contributed by atoms with Crippen molar-refractivity contribution < 1.29 is 35.1 Å². The predicted molar refractivity (Wildman–Crippen MR) is 126 cm³/mol. The van der Waals surface area contributed by atoms with E-state index in [9.17, 15) is 9.59 Å². The fraction of sp³-hybridized carbons (Fsp3) is 0.231. The normalized spacial score (nSPS) is 12.4. The molecule has 0 aliphatic heterocycles. The van der Waals surface area contributed by atoms with Gasteiger partial charge in [-0.05, 0) is 61.4 Å². The summed E-state index contributed by atoms with van der Waals surface area (Å²) in [4.78, 5) is 20.7. The van der Waals surface area contributed by atoms with E-state index in [-0.39, 0.29) is 17.2 Å². The van der Waals surface area contributed by atoms with E-state index in [1.165, 1.54) is 43.5 Å². The topological polar surface area (TPSA) is 135 Å². The lowest BCUT2D eigenvalue weighted by atomic mass is 9.98. The van der Waals surface area contributed by atoms with Crippen molar-refractivity contribution in [1.29, 1.82) is 0 Å². The quantitative estimate of drug-likeness (QED) is 0.360. The van der Waals surface area contributed by atoms with Crippen molar-refractivity contribution in [3.05, 3.63) is 96.1 Å². The lowest BCUT2D eigenvalue weighted by Crippen LogP contribution is -2.09. The second-order valence-corrected chi connectivity index (χ2v) is 7.15. The van der Waals surface area contributed by atoms with Crippen LogP contribution in [-0.4, -0.2) is 43.6 Å². The number of phenols is 2. The van der Waals surface area contributed by atoms with Crippen molar-refractivity contribution in [1.82, 2.24) is 0 Å². The highest BCUT2D eigenvalue weighted by Gasteiger charge is 2.07. The van der Waals surface area contributed by atoms with Crippen LogP contribution in [0.15, 0.2) is 84.9 Å². The Labute approximate surface area is 193 Å². The van der Waals surface area contributed by atoms with Gasteiger partial charge < -0.3 is 25.5 Å². The van der Waals surface area contributed by atoms with E-state index in [0.29, 0.717) is 11.5 Å². The number of aromatic hydroxyl groups is 2. The average Bonchev–Trinajstić information content (AvgIpc) is 2.82. The van der Waals surface area contributed by atoms with Gasteiger partial charge in [0.2, 0.25) is 0 Å². The molecule has 3 aromatic rings. The van der Waals surface area contributed by atoms with Crippen LogP contribution in [0.2, 0.25) is 0 Å². The Hall–Kier alpha value is -3.84. The highest BCUT2D eigenvalue weighted by Crippen LogP contribution is 2.16. The number of carbonyl (C=O) groups is 2. The highest BCUT2D eigenvalue weighted by atomic mass is 16.4. The van der Waals surface area contributed by atoms with Gasteiger partial charge in [0, 0.05) is 0 Å². The summed E-state index contributed by atoms with van der Waals surface area (Å²) in [7, 11) is 0. The van der Waals surface area contributed by atoms with Crippen LogP contribution >= 0.6 is 0 Å². The van der Waals surface area contributed by atoms with Crippen molar-refractivity contribution >= 4 is 11.9 Å². The van der Waals surface area contributed by atoms with E-state index in [2.05, 4.69) is 0 Å². The van der Waals surface area contributed by atoms with Gasteiger partial charge in [-0.3, -0.25) is 0 Å².